The summed E-state index contributed by atoms with van der Waals surface area (Å²) in [5, 5.41) is 10.5. The summed E-state index contributed by atoms with van der Waals surface area (Å²) >= 11 is 6.18. The van der Waals surface area contributed by atoms with Gasteiger partial charge < -0.3 is 20.7 Å². The quantitative estimate of drug-likeness (QED) is 0.427. The maximum absolute atomic E-state index is 14.0. The minimum absolute atomic E-state index is 0.245. The van der Waals surface area contributed by atoms with Crippen LogP contribution in [0.1, 0.15) is 48.0 Å². The number of hydrogen-bond acceptors (Lipinski definition) is 7. The second-order valence-corrected chi connectivity index (χ2v) is 13.7. The predicted octanol–water partition coefficient (Wildman–Crippen LogP) is 3.03. The van der Waals surface area contributed by atoms with Crippen LogP contribution in [0.3, 0.4) is 0 Å². The summed E-state index contributed by atoms with van der Waals surface area (Å²) in [6.07, 6.45) is -3.20. The Balaban J connectivity index is 1.43. The second kappa shape index (κ2) is 10.7. The summed E-state index contributed by atoms with van der Waals surface area (Å²) in [5.74, 6) is -2.06. The molecule has 0 radical (unpaired) electrons. The van der Waals surface area contributed by atoms with Gasteiger partial charge in [0.1, 0.15) is 17.3 Å². The van der Waals surface area contributed by atoms with E-state index in [2.05, 4.69) is 10.1 Å². The number of nitrogens with one attached hydrogen (secondary N) is 1. The summed E-state index contributed by atoms with van der Waals surface area (Å²) in [5.41, 5.74) is 4.05. The van der Waals surface area contributed by atoms with Gasteiger partial charge in [-0.25, -0.2) is 8.42 Å². The fourth-order valence-corrected chi connectivity index (χ4v) is 7.56. The van der Waals surface area contributed by atoms with E-state index in [1.165, 1.54) is 17.0 Å². The highest BCUT2D eigenvalue weighted by atomic mass is 35.5. The Morgan fingerprint density at radius 2 is 1.77 bits per heavy atom. The van der Waals surface area contributed by atoms with Crippen LogP contribution >= 0.6 is 11.6 Å². The second-order valence-electron chi connectivity index (χ2n) is 11.1. The van der Waals surface area contributed by atoms with Crippen molar-refractivity contribution in [1.29, 1.82) is 5.26 Å². The molecule has 1 heterocycles. The number of nitriles is 1. The number of amides is 3. The molecule has 10 nitrogen and oxygen atoms in total. The van der Waals surface area contributed by atoms with Crippen molar-refractivity contribution in [2.45, 2.75) is 65.4 Å². The first-order valence-electron chi connectivity index (χ1n) is 13.3. The highest BCUT2D eigenvalue weighted by Crippen LogP contribution is 2.51. The lowest BCUT2D eigenvalue weighted by atomic mass is 9.93. The maximum Gasteiger partial charge on any atom is 0.422 e. The Morgan fingerprint density at radius 1 is 1.12 bits per heavy atom. The van der Waals surface area contributed by atoms with E-state index in [1.807, 2.05) is 6.07 Å². The monoisotopic (exact) mass is 638 g/mol. The van der Waals surface area contributed by atoms with Gasteiger partial charge in [-0.15, -0.1) is 0 Å². The summed E-state index contributed by atoms with van der Waals surface area (Å²) in [6, 6.07) is 10.0. The molecule has 2 aromatic rings. The summed E-state index contributed by atoms with van der Waals surface area (Å²) in [7, 11) is -4.30. The SMILES string of the molecule is N#CC1(NC(=O)[C@@H]2C[C@@H](S(=O)(=O)c3ccc(OCC(F)(F)F)cc3Cl)CN2C(=O)C2(c3ccc(C(N)=O)cc3)CC2)CC1. The third-order valence-electron chi connectivity index (χ3n) is 8.09. The van der Waals surface area contributed by atoms with Gasteiger partial charge in [0.2, 0.25) is 17.7 Å². The fraction of sp³-hybridized carbons (Fsp3) is 0.429. The number of likely N-dealkylation sites (tertiary alicyclic amines) is 1. The predicted molar refractivity (Wildman–Crippen MR) is 146 cm³/mol. The van der Waals surface area contributed by atoms with Crippen LogP contribution in [-0.2, 0) is 24.8 Å². The number of ether oxygens (including phenoxy) is 1. The Hall–Kier alpha value is -3.83. The molecule has 3 N–H and O–H groups in total. The molecule has 0 aromatic heterocycles. The number of rotatable bonds is 9. The smallest absolute Gasteiger partial charge is 0.422 e. The van der Waals surface area contributed by atoms with Gasteiger partial charge in [-0.2, -0.15) is 18.4 Å². The molecule has 0 unspecified atom stereocenters. The Morgan fingerprint density at radius 3 is 2.28 bits per heavy atom. The average Bonchev–Trinajstić information content (AvgIpc) is 3.87. The van der Waals surface area contributed by atoms with Crippen molar-refractivity contribution in [2.75, 3.05) is 13.2 Å². The van der Waals surface area contributed by atoms with Gasteiger partial charge in [0.25, 0.3) is 0 Å². The first-order valence-corrected chi connectivity index (χ1v) is 15.2. The van der Waals surface area contributed by atoms with Crippen molar-refractivity contribution in [1.82, 2.24) is 10.2 Å². The van der Waals surface area contributed by atoms with Gasteiger partial charge in [-0.1, -0.05) is 23.7 Å². The summed E-state index contributed by atoms with van der Waals surface area (Å²) < 4.78 is 69.7. The first kappa shape index (κ1) is 30.6. The molecule has 43 heavy (non-hydrogen) atoms. The maximum atomic E-state index is 14.0. The molecule has 3 amide bonds. The number of alkyl halides is 3. The highest BCUT2D eigenvalue weighted by molar-refractivity contribution is 7.92. The number of hydrogen-bond donors (Lipinski definition) is 2. The number of sulfone groups is 1. The van der Waals surface area contributed by atoms with E-state index in [0.717, 1.165) is 18.2 Å². The van der Waals surface area contributed by atoms with Gasteiger partial charge >= 0.3 is 6.18 Å². The largest absolute Gasteiger partial charge is 0.484 e. The molecule has 1 aliphatic heterocycles. The van der Waals surface area contributed by atoms with E-state index in [-0.39, 0.29) is 34.2 Å². The normalized spacial score (nSPS) is 21.9. The number of primary amides is 1. The Kier molecular flexibility index (Phi) is 7.63. The highest BCUT2D eigenvalue weighted by Gasteiger charge is 2.58. The van der Waals surface area contributed by atoms with Crippen LogP contribution < -0.4 is 15.8 Å². The molecule has 15 heteroatoms. The summed E-state index contributed by atoms with van der Waals surface area (Å²) in [4.78, 5) is 39.8. The van der Waals surface area contributed by atoms with E-state index in [4.69, 9.17) is 17.3 Å². The molecule has 0 bridgehead atoms. The minimum Gasteiger partial charge on any atom is -0.484 e. The number of nitrogens with zero attached hydrogens (tertiary/aromatic N) is 2. The molecule has 2 aromatic carbocycles. The molecule has 2 aliphatic carbocycles. The van der Waals surface area contributed by atoms with Gasteiger partial charge in [-0.05, 0) is 61.9 Å². The first-order chi connectivity index (χ1) is 20.1. The third kappa shape index (κ3) is 6.01. The number of benzene rings is 2. The van der Waals surface area contributed by atoms with Gasteiger partial charge in [0, 0.05) is 18.2 Å². The van der Waals surface area contributed by atoms with Crippen molar-refractivity contribution < 1.29 is 40.7 Å². The van der Waals surface area contributed by atoms with Crippen LogP contribution in [0.4, 0.5) is 13.2 Å². The Bertz CT molecular complexity index is 1630. The van der Waals surface area contributed by atoms with E-state index in [0.29, 0.717) is 31.2 Å². The molecule has 2 saturated carbocycles. The lowest BCUT2D eigenvalue weighted by Gasteiger charge is -2.29. The minimum atomic E-state index is -4.61. The number of carbonyl (C=O) groups is 3. The molecular weight excluding hydrogens is 613 g/mol. The van der Waals surface area contributed by atoms with E-state index in [1.54, 1.807) is 12.1 Å². The van der Waals surface area contributed by atoms with E-state index >= 15 is 0 Å². The zero-order valence-electron chi connectivity index (χ0n) is 22.5. The van der Waals surface area contributed by atoms with Crippen molar-refractivity contribution in [2.24, 2.45) is 5.73 Å². The number of halogens is 4. The van der Waals surface area contributed by atoms with Crippen LogP contribution in [0.5, 0.6) is 5.75 Å². The van der Waals surface area contributed by atoms with Crippen molar-refractivity contribution in [3.8, 4) is 11.8 Å². The van der Waals surface area contributed by atoms with Gasteiger partial charge in [-0.3, -0.25) is 14.4 Å². The van der Waals surface area contributed by atoms with Crippen molar-refractivity contribution in [3.05, 3.63) is 58.6 Å². The summed E-state index contributed by atoms with van der Waals surface area (Å²) in [6.45, 7) is -1.95. The van der Waals surface area contributed by atoms with Crippen LogP contribution in [0.15, 0.2) is 47.4 Å². The van der Waals surface area contributed by atoms with Gasteiger partial charge in [0.15, 0.2) is 16.4 Å². The molecule has 0 spiro atoms. The molecule has 5 rings (SSSR count). The lowest BCUT2D eigenvalue weighted by molar-refractivity contribution is -0.153. The standard InChI is InChI=1S/C28H26ClF3N4O6S/c29-20-11-18(42-15-28(30,31)32)5-6-22(20)43(40,41)19-12-21(24(38)35-26(14-33)7-8-26)36(13-19)25(39)27(9-10-27)17-3-1-16(2-4-17)23(34)37/h1-6,11,19,21H,7-10,12-13,15H2,(H2,34,37)(H,35,38)/t19-,21+/m1/s1. The molecule has 3 fully saturated rings. The van der Waals surface area contributed by atoms with Gasteiger partial charge in [0.05, 0.1) is 26.7 Å². The number of carbonyl (C=O) groups excluding carboxylic acids is 3. The van der Waals surface area contributed by atoms with Crippen LogP contribution in [0.25, 0.3) is 0 Å². The van der Waals surface area contributed by atoms with Crippen LogP contribution in [0, 0.1) is 11.3 Å². The average molecular weight is 639 g/mol. The molecule has 3 aliphatic rings. The molecule has 228 valence electrons. The van der Waals surface area contributed by atoms with Crippen molar-refractivity contribution in [3.63, 3.8) is 0 Å². The zero-order chi connectivity index (χ0) is 31.4. The third-order valence-corrected chi connectivity index (χ3v) is 10.7. The van der Waals surface area contributed by atoms with Crippen LogP contribution in [-0.4, -0.2) is 67.2 Å². The molecule has 1 saturated heterocycles. The lowest BCUT2D eigenvalue weighted by Crippen LogP contribution is -2.51. The molecular formula is C28H26ClF3N4O6S. The van der Waals surface area contributed by atoms with Crippen LogP contribution in [0.2, 0.25) is 5.02 Å². The van der Waals surface area contributed by atoms with Crippen molar-refractivity contribution >= 4 is 39.2 Å². The molecule has 2 atom stereocenters. The Labute approximate surface area is 249 Å². The number of nitrogens with two attached hydrogens (primary N) is 1. The fourth-order valence-electron chi connectivity index (χ4n) is 5.33. The van der Waals surface area contributed by atoms with E-state index in [9.17, 15) is 41.2 Å². The zero-order valence-corrected chi connectivity index (χ0v) is 24.1. The van der Waals surface area contributed by atoms with E-state index < -0.39 is 62.6 Å². The topological polar surface area (TPSA) is 160 Å².